The van der Waals surface area contributed by atoms with Crippen molar-refractivity contribution < 1.29 is 9.59 Å². The van der Waals surface area contributed by atoms with Crippen LogP contribution in [0, 0.1) is 11.3 Å². The summed E-state index contributed by atoms with van der Waals surface area (Å²) in [5, 5.41) is 8.44. The number of amides is 2. The summed E-state index contributed by atoms with van der Waals surface area (Å²) in [6.07, 6.45) is -0.304. The minimum absolute atomic E-state index is 0.304. The Morgan fingerprint density at radius 2 is 1.41 bits per heavy atom. The molecule has 0 bridgehead atoms. The second-order valence-corrected chi connectivity index (χ2v) is 4.63. The van der Waals surface area contributed by atoms with Gasteiger partial charge in [0.15, 0.2) is 0 Å². The minimum Gasteiger partial charge on any atom is -0.272 e. The normalized spacial score (nSPS) is 9.82. The third-order valence-corrected chi connectivity index (χ3v) is 3.09. The fourth-order valence-corrected chi connectivity index (χ4v) is 2.11. The third kappa shape index (κ3) is 3.93. The molecule has 0 spiro atoms. The van der Waals surface area contributed by atoms with Gasteiger partial charge in [0.2, 0.25) is 5.91 Å². The largest absolute Gasteiger partial charge is 0.272 e. The Morgan fingerprint density at radius 1 is 0.909 bits per heavy atom. The molecule has 2 aromatic rings. The molecule has 5 nitrogen and oxygen atoms in total. The van der Waals surface area contributed by atoms with Crippen molar-refractivity contribution in [2.24, 2.45) is 0 Å². The number of hydrogen-bond acceptors (Lipinski definition) is 3. The van der Waals surface area contributed by atoms with E-state index in [1.54, 1.807) is 6.07 Å². The number of carbonyl (C=O) groups is 2. The molecule has 0 aromatic heterocycles. The summed E-state index contributed by atoms with van der Waals surface area (Å²) in [6.45, 7) is 0. The van der Waals surface area contributed by atoms with Crippen LogP contribution in [-0.2, 0) is 9.59 Å². The van der Waals surface area contributed by atoms with Gasteiger partial charge in [0.1, 0.15) is 6.42 Å². The summed E-state index contributed by atoms with van der Waals surface area (Å²) < 4.78 is 0. The molecule has 0 saturated carbocycles. The molecule has 2 N–H and O–H groups in total. The molecule has 2 rings (SSSR count). The Hall–Kier alpha value is -3.13. The van der Waals surface area contributed by atoms with Crippen LogP contribution in [0.3, 0.4) is 0 Å². The summed E-state index contributed by atoms with van der Waals surface area (Å²) in [5.74, 6) is -1.44. The fraction of sp³-hybridized carbons (Fsp3) is 0.118. The summed E-state index contributed by atoms with van der Waals surface area (Å²) in [4.78, 5) is 23.7. The van der Waals surface area contributed by atoms with Crippen molar-refractivity contribution in [3.8, 4) is 6.07 Å². The molecule has 5 heteroatoms. The lowest BCUT2D eigenvalue weighted by atomic mass is 9.91. The van der Waals surface area contributed by atoms with Crippen LogP contribution in [0.5, 0.6) is 0 Å². The van der Waals surface area contributed by atoms with E-state index in [2.05, 4.69) is 10.9 Å². The average molecular weight is 293 g/mol. The second kappa shape index (κ2) is 7.60. The summed E-state index contributed by atoms with van der Waals surface area (Å²) in [5.41, 5.74) is 6.26. The van der Waals surface area contributed by atoms with Crippen LogP contribution in [0.1, 0.15) is 23.5 Å². The number of benzene rings is 2. The standard InChI is InChI=1S/C17H15N3O2/c18-12-11-15(21)19-20-17(22)16(13-7-3-1-4-8-13)14-9-5-2-6-10-14/h1-10,16H,11H2,(H,19,21)(H,20,22). The van der Waals surface area contributed by atoms with Gasteiger partial charge in [-0.05, 0) is 11.1 Å². The zero-order chi connectivity index (χ0) is 15.8. The predicted molar refractivity (Wildman–Crippen MR) is 81.2 cm³/mol. The van der Waals surface area contributed by atoms with E-state index < -0.39 is 11.8 Å². The van der Waals surface area contributed by atoms with E-state index in [1.165, 1.54) is 0 Å². The smallest absolute Gasteiger partial charge is 0.252 e. The van der Waals surface area contributed by atoms with E-state index in [-0.39, 0.29) is 12.3 Å². The van der Waals surface area contributed by atoms with E-state index >= 15 is 0 Å². The van der Waals surface area contributed by atoms with Gasteiger partial charge in [0.25, 0.3) is 5.91 Å². The van der Waals surface area contributed by atoms with Gasteiger partial charge in [-0.2, -0.15) is 5.26 Å². The number of nitrogens with one attached hydrogen (secondary N) is 2. The number of hydrogen-bond donors (Lipinski definition) is 2. The maximum absolute atomic E-state index is 12.4. The van der Waals surface area contributed by atoms with Crippen molar-refractivity contribution >= 4 is 11.8 Å². The highest BCUT2D eigenvalue weighted by atomic mass is 16.2. The van der Waals surface area contributed by atoms with Gasteiger partial charge in [-0.25, -0.2) is 0 Å². The maximum Gasteiger partial charge on any atom is 0.252 e. The first-order valence-electron chi connectivity index (χ1n) is 6.78. The van der Waals surface area contributed by atoms with Gasteiger partial charge >= 0.3 is 0 Å². The number of nitrogens with zero attached hydrogens (tertiary/aromatic N) is 1. The Balaban J connectivity index is 2.20. The van der Waals surface area contributed by atoms with E-state index in [0.717, 1.165) is 11.1 Å². The Morgan fingerprint density at radius 3 is 1.86 bits per heavy atom. The monoisotopic (exact) mass is 293 g/mol. The van der Waals surface area contributed by atoms with Gasteiger partial charge in [0, 0.05) is 0 Å². The van der Waals surface area contributed by atoms with Crippen LogP contribution in [0.25, 0.3) is 0 Å². The highest BCUT2D eigenvalue weighted by molar-refractivity contribution is 5.89. The van der Waals surface area contributed by atoms with Crippen molar-refractivity contribution in [2.75, 3.05) is 0 Å². The molecule has 0 aliphatic rings. The Kier molecular flexibility index (Phi) is 5.27. The van der Waals surface area contributed by atoms with E-state index in [0.29, 0.717) is 0 Å². The summed E-state index contributed by atoms with van der Waals surface area (Å²) in [7, 11) is 0. The molecule has 0 atom stereocenters. The molecule has 0 unspecified atom stereocenters. The number of nitriles is 1. The lowest BCUT2D eigenvalue weighted by Crippen LogP contribution is -2.44. The first-order valence-corrected chi connectivity index (χ1v) is 6.78. The van der Waals surface area contributed by atoms with Crippen LogP contribution in [0.4, 0.5) is 0 Å². The van der Waals surface area contributed by atoms with Crippen molar-refractivity contribution in [1.82, 2.24) is 10.9 Å². The zero-order valence-electron chi connectivity index (χ0n) is 11.8. The molecule has 0 fully saturated rings. The number of carbonyl (C=O) groups excluding carboxylic acids is 2. The average Bonchev–Trinajstić information content (AvgIpc) is 2.55. The lowest BCUT2D eigenvalue weighted by Gasteiger charge is -2.17. The highest BCUT2D eigenvalue weighted by Gasteiger charge is 2.22. The van der Waals surface area contributed by atoms with Crippen molar-refractivity contribution in [3.05, 3.63) is 71.8 Å². The molecular formula is C17H15N3O2. The van der Waals surface area contributed by atoms with Gasteiger partial charge in [-0.3, -0.25) is 20.4 Å². The lowest BCUT2D eigenvalue weighted by molar-refractivity contribution is -0.128. The molecule has 0 saturated heterocycles. The Labute approximate surface area is 128 Å². The second-order valence-electron chi connectivity index (χ2n) is 4.63. The van der Waals surface area contributed by atoms with Crippen molar-refractivity contribution in [1.29, 1.82) is 5.26 Å². The molecular weight excluding hydrogens is 278 g/mol. The molecule has 2 amide bonds. The molecule has 0 heterocycles. The molecule has 22 heavy (non-hydrogen) atoms. The van der Waals surface area contributed by atoms with Crippen LogP contribution in [-0.4, -0.2) is 11.8 Å². The van der Waals surface area contributed by atoms with Gasteiger partial charge in [-0.15, -0.1) is 0 Å². The number of rotatable bonds is 4. The van der Waals surface area contributed by atoms with Crippen LogP contribution in [0.15, 0.2) is 60.7 Å². The molecule has 0 radical (unpaired) electrons. The Bertz CT molecular complexity index is 639. The SMILES string of the molecule is N#CCC(=O)NNC(=O)C(c1ccccc1)c1ccccc1. The molecule has 2 aromatic carbocycles. The highest BCUT2D eigenvalue weighted by Crippen LogP contribution is 2.24. The van der Waals surface area contributed by atoms with Crippen LogP contribution < -0.4 is 10.9 Å². The third-order valence-electron chi connectivity index (χ3n) is 3.09. The molecule has 0 aliphatic heterocycles. The van der Waals surface area contributed by atoms with Gasteiger partial charge < -0.3 is 0 Å². The van der Waals surface area contributed by atoms with Gasteiger partial charge in [-0.1, -0.05) is 60.7 Å². The van der Waals surface area contributed by atoms with Gasteiger partial charge in [0.05, 0.1) is 12.0 Å². The van der Waals surface area contributed by atoms with Crippen molar-refractivity contribution in [3.63, 3.8) is 0 Å². The van der Waals surface area contributed by atoms with Crippen LogP contribution >= 0.6 is 0 Å². The topological polar surface area (TPSA) is 82.0 Å². The van der Waals surface area contributed by atoms with Crippen molar-refractivity contribution in [2.45, 2.75) is 12.3 Å². The molecule has 0 aliphatic carbocycles. The predicted octanol–water partition coefficient (Wildman–Crippen LogP) is 1.88. The summed E-state index contributed by atoms with van der Waals surface area (Å²) in [6, 6.07) is 20.3. The van der Waals surface area contributed by atoms with E-state index in [4.69, 9.17) is 5.26 Å². The first-order chi connectivity index (χ1) is 10.7. The first kappa shape index (κ1) is 15.3. The maximum atomic E-state index is 12.4. The minimum atomic E-state index is -0.546. The van der Waals surface area contributed by atoms with E-state index in [1.807, 2.05) is 60.7 Å². The van der Waals surface area contributed by atoms with E-state index in [9.17, 15) is 9.59 Å². The zero-order valence-corrected chi connectivity index (χ0v) is 11.8. The number of hydrazine groups is 1. The molecule has 110 valence electrons. The summed E-state index contributed by atoms with van der Waals surface area (Å²) >= 11 is 0. The fourth-order valence-electron chi connectivity index (χ4n) is 2.11. The quantitative estimate of drug-likeness (QED) is 0.844. The van der Waals surface area contributed by atoms with Crippen LogP contribution in [0.2, 0.25) is 0 Å².